The number of rotatable bonds is 4. The van der Waals surface area contributed by atoms with Crippen LogP contribution < -0.4 is 11.1 Å². The molecule has 0 saturated heterocycles. The van der Waals surface area contributed by atoms with Crippen LogP contribution in [0, 0.1) is 25.2 Å². The number of hydrogen-bond donors (Lipinski definition) is 2. The molecule has 0 aliphatic rings. The molecule has 0 radical (unpaired) electrons. The van der Waals surface area contributed by atoms with Crippen molar-refractivity contribution < 1.29 is 4.52 Å². The van der Waals surface area contributed by atoms with Crippen molar-refractivity contribution in [1.82, 2.24) is 5.16 Å². The molecular weight excluding hydrogens is 300 g/mol. The summed E-state index contributed by atoms with van der Waals surface area (Å²) in [6, 6.07) is 15.9. The number of benzene rings is 2. The first-order valence-electron chi connectivity index (χ1n) is 7.65. The number of nitrogens with zero attached hydrogens (tertiary/aromatic N) is 2. The van der Waals surface area contributed by atoms with E-state index in [0.717, 1.165) is 33.8 Å². The highest BCUT2D eigenvalue weighted by Gasteiger charge is 2.15. The number of aromatic nitrogens is 1. The first-order valence-corrected chi connectivity index (χ1v) is 7.65. The van der Waals surface area contributed by atoms with Gasteiger partial charge in [0, 0.05) is 12.1 Å². The van der Waals surface area contributed by atoms with Crippen LogP contribution in [0.1, 0.15) is 22.6 Å². The van der Waals surface area contributed by atoms with Crippen LogP contribution in [0.15, 0.2) is 47.0 Å². The molecule has 0 spiro atoms. The predicted molar refractivity (Wildman–Crippen MR) is 94.3 cm³/mol. The topological polar surface area (TPSA) is 87.9 Å². The maximum absolute atomic E-state index is 9.39. The molecule has 3 rings (SSSR count). The van der Waals surface area contributed by atoms with Crippen molar-refractivity contribution in [2.45, 2.75) is 20.4 Å². The van der Waals surface area contributed by atoms with E-state index in [9.17, 15) is 5.26 Å². The molecule has 0 bridgehead atoms. The highest BCUT2D eigenvalue weighted by Crippen LogP contribution is 2.34. The Kier molecular flexibility index (Phi) is 4.21. The van der Waals surface area contributed by atoms with Crippen molar-refractivity contribution in [3.63, 3.8) is 0 Å². The van der Waals surface area contributed by atoms with Gasteiger partial charge in [-0.1, -0.05) is 35.5 Å². The summed E-state index contributed by atoms with van der Waals surface area (Å²) in [6.07, 6.45) is 0. The van der Waals surface area contributed by atoms with Crippen LogP contribution in [0.5, 0.6) is 0 Å². The molecule has 3 aromatic rings. The monoisotopic (exact) mass is 318 g/mol. The standard InChI is InChI=1S/C19H18N4O/c1-12-18(13(2)24-23-12)15-8-16(10-20)19(21)17(9-15)22-11-14-6-4-3-5-7-14/h3-9,22H,11,21H2,1-2H3. The lowest BCUT2D eigenvalue weighted by Crippen LogP contribution is -2.04. The Labute approximate surface area is 140 Å². The molecule has 0 saturated carbocycles. The molecule has 2 aromatic carbocycles. The first-order chi connectivity index (χ1) is 11.6. The molecule has 0 fully saturated rings. The summed E-state index contributed by atoms with van der Waals surface area (Å²) in [5.41, 5.74) is 11.4. The van der Waals surface area contributed by atoms with Gasteiger partial charge in [-0.15, -0.1) is 0 Å². The highest BCUT2D eigenvalue weighted by atomic mass is 16.5. The minimum atomic E-state index is 0.433. The van der Waals surface area contributed by atoms with Crippen LogP contribution in [-0.2, 0) is 6.54 Å². The Morgan fingerprint density at radius 1 is 1.21 bits per heavy atom. The highest BCUT2D eigenvalue weighted by molar-refractivity contribution is 5.82. The molecular formula is C19H18N4O. The molecule has 0 aliphatic carbocycles. The third-order valence-corrected chi connectivity index (χ3v) is 3.95. The van der Waals surface area contributed by atoms with E-state index >= 15 is 0 Å². The molecule has 5 nitrogen and oxygen atoms in total. The average Bonchev–Trinajstić information content (AvgIpc) is 2.94. The van der Waals surface area contributed by atoms with Gasteiger partial charge in [-0.25, -0.2) is 0 Å². The smallest absolute Gasteiger partial charge is 0.141 e. The number of nitriles is 1. The van der Waals surface area contributed by atoms with Gasteiger partial charge in [0.1, 0.15) is 11.8 Å². The minimum Gasteiger partial charge on any atom is -0.396 e. The van der Waals surface area contributed by atoms with Crippen molar-refractivity contribution in [1.29, 1.82) is 5.26 Å². The number of hydrogen-bond acceptors (Lipinski definition) is 5. The van der Waals surface area contributed by atoms with E-state index in [1.165, 1.54) is 0 Å². The molecule has 5 heteroatoms. The molecule has 1 aromatic heterocycles. The predicted octanol–water partition coefficient (Wildman–Crippen LogP) is 4.02. The molecule has 1 heterocycles. The summed E-state index contributed by atoms with van der Waals surface area (Å²) in [7, 11) is 0. The Balaban J connectivity index is 2.00. The number of nitrogens with one attached hydrogen (secondary N) is 1. The fourth-order valence-corrected chi connectivity index (χ4v) is 2.72. The van der Waals surface area contributed by atoms with Crippen molar-refractivity contribution in [3.8, 4) is 17.2 Å². The van der Waals surface area contributed by atoms with Gasteiger partial charge in [-0.3, -0.25) is 0 Å². The second-order valence-corrected chi connectivity index (χ2v) is 5.64. The fourth-order valence-electron chi connectivity index (χ4n) is 2.72. The van der Waals surface area contributed by atoms with Crippen LogP contribution >= 0.6 is 0 Å². The van der Waals surface area contributed by atoms with E-state index in [1.54, 1.807) is 6.07 Å². The summed E-state index contributed by atoms with van der Waals surface area (Å²) in [6.45, 7) is 4.36. The zero-order valence-corrected chi connectivity index (χ0v) is 13.6. The molecule has 3 N–H and O–H groups in total. The largest absolute Gasteiger partial charge is 0.396 e. The molecule has 120 valence electrons. The number of nitrogen functional groups attached to an aromatic ring is 1. The molecule has 0 unspecified atom stereocenters. The summed E-state index contributed by atoms with van der Waals surface area (Å²) in [4.78, 5) is 0. The van der Waals surface area contributed by atoms with Gasteiger partial charge in [0.15, 0.2) is 0 Å². The second-order valence-electron chi connectivity index (χ2n) is 5.64. The van der Waals surface area contributed by atoms with E-state index < -0.39 is 0 Å². The van der Waals surface area contributed by atoms with Crippen molar-refractivity contribution in [2.24, 2.45) is 0 Å². The lowest BCUT2D eigenvalue weighted by Gasteiger charge is -2.13. The minimum absolute atomic E-state index is 0.433. The van der Waals surface area contributed by atoms with Gasteiger partial charge >= 0.3 is 0 Å². The summed E-state index contributed by atoms with van der Waals surface area (Å²) >= 11 is 0. The van der Waals surface area contributed by atoms with E-state index in [1.807, 2.05) is 50.2 Å². The first kappa shape index (κ1) is 15.6. The van der Waals surface area contributed by atoms with Gasteiger partial charge < -0.3 is 15.6 Å². The fraction of sp³-hybridized carbons (Fsp3) is 0.158. The van der Waals surface area contributed by atoms with E-state index in [-0.39, 0.29) is 0 Å². The Morgan fingerprint density at radius 3 is 2.58 bits per heavy atom. The summed E-state index contributed by atoms with van der Waals surface area (Å²) in [5, 5.41) is 16.7. The quantitative estimate of drug-likeness (QED) is 0.709. The van der Waals surface area contributed by atoms with Crippen molar-refractivity contribution in [3.05, 3.63) is 65.0 Å². The van der Waals surface area contributed by atoms with E-state index in [0.29, 0.717) is 17.8 Å². The Hall–Kier alpha value is -3.26. The number of anilines is 2. The third-order valence-electron chi connectivity index (χ3n) is 3.95. The van der Waals surface area contributed by atoms with Gasteiger partial charge in [0.25, 0.3) is 0 Å². The van der Waals surface area contributed by atoms with Gasteiger partial charge in [0.05, 0.1) is 22.6 Å². The van der Waals surface area contributed by atoms with Crippen molar-refractivity contribution >= 4 is 11.4 Å². The second kappa shape index (κ2) is 6.47. The Morgan fingerprint density at radius 2 is 1.96 bits per heavy atom. The SMILES string of the molecule is Cc1noc(C)c1-c1cc(C#N)c(N)c(NCc2ccccc2)c1. The third kappa shape index (κ3) is 2.95. The van der Waals surface area contributed by atoms with Crippen LogP contribution in [-0.4, -0.2) is 5.16 Å². The Bertz CT molecular complexity index is 888. The van der Waals surface area contributed by atoms with Crippen molar-refractivity contribution in [2.75, 3.05) is 11.1 Å². The summed E-state index contributed by atoms with van der Waals surface area (Å²) < 4.78 is 5.24. The normalized spacial score (nSPS) is 10.4. The number of aryl methyl sites for hydroxylation is 2. The zero-order chi connectivity index (χ0) is 17.1. The lowest BCUT2D eigenvalue weighted by molar-refractivity contribution is 0.393. The molecule has 0 amide bonds. The molecule has 0 atom stereocenters. The van der Waals surface area contributed by atoms with E-state index in [4.69, 9.17) is 10.3 Å². The maximum Gasteiger partial charge on any atom is 0.141 e. The van der Waals surface area contributed by atoms with E-state index in [2.05, 4.69) is 16.5 Å². The van der Waals surface area contributed by atoms with Gasteiger partial charge in [-0.05, 0) is 37.1 Å². The lowest BCUT2D eigenvalue weighted by atomic mass is 9.99. The van der Waals surface area contributed by atoms with Crippen LogP contribution in [0.3, 0.4) is 0 Å². The average molecular weight is 318 g/mol. The van der Waals surface area contributed by atoms with Crippen LogP contribution in [0.25, 0.3) is 11.1 Å². The van der Waals surface area contributed by atoms with Gasteiger partial charge in [0.2, 0.25) is 0 Å². The maximum atomic E-state index is 9.39. The molecule has 24 heavy (non-hydrogen) atoms. The zero-order valence-electron chi connectivity index (χ0n) is 13.6. The molecule has 0 aliphatic heterocycles. The van der Waals surface area contributed by atoms with Gasteiger partial charge in [-0.2, -0.15) is 5.26 Å². The summed E-state index contributed by atoms with van der Waals surface area (Å²) in [5.74, 6) is 0.718. The van der Waals surface area contributed by atoms with Crippen LogP contribution in [0.2, 0.25) is 0 Å². The van der Waals surface area contributed by atoms with Crippen LogP contribution in [0.4, 0.5) is 11.4 Å². The number of nitrogens with two attached hydrogens (primary N) is 1.